The first-order valence-electron chi connectivity index (χ1n) is 6.22. The first-order valence-corrected chi connectivity index (χ1v) is 6.22. The Morgan fingerprint density at radius 2 is 2.06 bits per heavy atom. The predicted molar refractivity (Wildman–Crippen MR) is 64.6 cm³/mol. The van der Waals surface area contributed by atoms with Crippen LogP contribution in [-0.2, 0) is 4.74 Å². The molecule has 1 saturated heterocycles. The van der Waals surface area contributed by atoms with E-state index in [-0.39, 0.29) is 0 Å². The molecule has 1 aromatic carbocycles. The normalized spacial score (nSPS) is 32.8. The number of ether oxygens (including phenoxy) is 1. The van der Waals surface area contributed by atoms with E-state index in [9.17, 15) is 0 Å². The molecule has 0 aromatic heterocycles. The molecule has 4 rings (SSSR count). The highest BCUT2D eigenvalue weighted by atomic mass is 16.5. The average Bonchev–Trinajstić information content (AvgIpc) is 2.31. The Morgan fingerprint density at radius 1 is 1.31 bits per heavy atom. The summed E-state index contributed by atoms with van der Waals surface area (Å²) in [4.78, 5) is 2.47. The fraction of sp³-hybridized carbons (Fsp3) is 0.571. The van der Waals surface area contributed by atoms with E-state index in [1.54, 1.807) is 0 Å². The van der Waals surface area contributed by atoms with Crippen LogP contribution in [0.4, 0.5) is 0 Å². The van der Waals surface area contributed by atoms with Gasteiger partial charge in [0.25, 0.3) is 0 Å². The minimum atomic E-state index is 0.432. The van der Waals surface area contributed by atoms with Crippen molar-refractivity contribution in [1.29, 1.82) is 0 Å². The van der Waals surface area contributed by atoms with E-state index in [4.69, 9.17) is 4.74 Å². The van der Waals surface area contributed by atoms with Gasteiger partial charge in [0.2, 0.25) is 0 Å². The lowest BCUT2D eigenvalue weighted by molar-refractivity contribution is -0.0310. The van der Waals surface area contributed by atoms with Gasteiger partial charge in [0.1, 0.15) is 0 Å². The Morgan fingerprint density at radius 3 is 2.81 bits per heavy atom. The van der Waals surface area contributed by atoms with E-state index in [1.165, 1.54) is 11.1 Å². The highest BCUT2D eigenvalue weighted by Crippen LogP contribution is 2.46. The monoisotopic (exact) mass is 217 g/mol. The molecule has 2 nitrogen and oxygen atoms in total. The summed E-state index contributed by atoms with van der Waals surface area (Å²) in [6.45, 7) is 4.07. The maximum absolute atomic E-state index is 5.90. The van der Waals surface area contributed by atoms with Gasteiger partial charge in [-0.15, -0.1) is 0 Å². The van der Waals surface area contributed by atoms with Crippen LogP contribution in [0.15, 0.2) is 24.3 Å². The maximum Gasteiger partial charge on any atom is 0.0674 e. The van der Waals surface area contributed by atoms with Crippen LogP contribution in [0.1, 0.15) is 36.4 Å². The number of nitrogens with zero attached hydrogens (tertiary/aromatic N) is 1. The summed E-state index contributed by atoms with van der Waals surface area (Å²) in [5.74, 6) is 0.575. The van der Waals surface area contributed by atoms with E-state index in [0.29, 0.717) is 18.1 Å². The van der Waals surface area contributed by atoms with E-state index in [2.05, 4.69) is 43.1 Å². The first kappa shape index (κ1) is 10.3. The van der Waals surface area contributed by atoms with Gasteiger partial charge in [-0.25, -0.2) is 0 Å². The third-order valence-corrected chi connectivity index (χ3v) is 4.06. The molecule has 0 saturated carbocycles. The largest absolute Gasteiger partial charge is 0.378 e. The second kappa shape index (κ2) is 3.86. The zero-order valence-electron chi connectivity index (χ0n) is 10.0. The fourth-order valence-electron chi connectivity index (χ4n) is 3.33. The summed E-state index contributed by atoms with van der Waals surface area (Å²) < 4.78 is 5.90. The minimum absolute atomic E-state index is 0.432. The quantitative estimate of drug-likeness (QED) is 0.755. The van der Waals surface area contributed by atoms with Crippen molar-refractivity contribution in [2.45, 2.75) is 31.4 Å². The van der Waals surface area contributed by atoms with Crippen molar-refractivity contribution >= 4 is 0 Å². The van der Waals surface area contributed by atoms with Gasteiger partial charge in [-0.05, 0) is 31.5 Å². The van der Waals surface area contributed by atoms with Gasteiger partial charge in [0, 0.05) is 25.1 Å². The Balaban J connectivity index is 2.00. The van der Waals surface area contributed by atoms with Crippen LogP contribution in [0.2, 0.25) is 0 Å². The number of hydrogen-bond donors (Lipinski definition) is 0. The number of rotatable bonds is 2. The highest BCUT2D eigenvalue weighted by Gasteiger charge is 2.42. The van der Waals surface area contributed by atoms with E-state index < -0.39 is 0 Å². The molecule has 2 heteroatoms. The number of fused-ring (bicyclic) bond motifs is 2. The van der Waals surface area contributed by atoms with Crippen LogP contribution >= 0.6 is 0 Å². The molecule has 0 unspecified atom stereocenters. The molecular weight excluding hydrogens is 198 g/mol. The van der Waals surface area contributed by atoms with Crippen molar-refractivity contribution in [1.82, 2.24) is 4.90 Å². The summed E-state index contributed by atoms with van der Waals surface area (Å²) in [6.07, 6.45) is 1.59. The van der Waals surface area contributed by atoms with E-state index in [0.717, 1.165) is 19.6 Å². The van der Waals surface area contributed by atoms with Gasteiger partial charge in [0.05, 0.1) is 6.10 Å². The van der Waals surface area contributed by atoms with Crippen molar-refractivity contribution in [2.75, 3.05) is 20.2 Å². The van der Waals surface area contributed by atoms with E-state index >= 15 is 0 Å². The Labute approximate surface area is 97.2 Å². The lowest BCUT2D eigenvalue weighted by atomic mass is 9.73. The smallest absolute Gasteiger partial charge is 0.0674 e. The predicted octanol–water partition coefficient (Wildman–Crippen LogP) is 2.57. The zero-order chi connectivity index (χ0) is 11.1. The van der Waals surface area contributed by atoms with Gasteiger partial charge in [-0.1, -0.05) is 24.3 Å². The minimum Gasteiger partial charge on any atom is -0.378 e. The molecule has 1 fully saturated rings. The molecule has 1 aliphatic carbocycles. The number of benzene rings is 1. The molecular formula is C14H19NO. The van der Waals surface area contributed by atoms with Crippen molar-refractivity contribution < 1.29 is 4.74 Å². The van der Waals surface area contributed by atoms with Crippen LogP contribution in [0.3, 0.4) is 0 Å². The molecule has 2 bridgehead atoms. The third kappa shape index (κ3) is 1.40. The van der Waals surface area contributed by atoms with Gasteiger partial charge in [0.15, 0.2) is 0 Å². The van der Waals surface area contributed by atoms with Crippen molar-refractivity contribution in [3.05, 3.63) is 35.4 Å². The summed E-state index contributed by atoms with van der Waals surface area (Å²) in [7, 11) is 2.23. The Hall–Kier alpha value is -0.860. The molecule has 2 heterocycles. The van der Waals surface area contributed by atoms with Gasteiger partial charge >= 0.3 is 0 Å². The molecule has 1 aromatic rings. The lowest BCUT2D eigenvalue weighted by Gasteiger charge is -2.48. The molecule has 16 heavy (non-hydrogen) atoms. The standard InChI is InChI=1S/C14H19NO/c1-3-16-14-8-13-11-7-5-4-6-10(11)12(14)9-15(13)2/h4-7,12-14H,3,8-9H2,1-2H3/t12-,13-,14-/m0/s1. The van der Waals surface area contributed by atoms with Crippen molar-refractivity contribution in [2.24, 2.45) is 0 Å². The Bertz CT molecular complexity index is 390. The molecule has 3 aliphatic rings. The SMILES string of the molecule is CCO[C@H]1C[C@H]2c3ccccc3[C@@H]1CN2C. The fourth-order valence-corrected chi connectivity index (χ4v) is 3.33. The molecule has 2 aliphatic heterocycles. The molecule has 0 spiro atoms. The number of hydrogen-bond acceptors (Lipinski definition) is 2. The number of likely N-dealkylation sites (N-methyl/N-ethyl adjacent to an activating group) is 1. The molecule has 3 atom stereocenters. The van der Waals surface area contributed by atoms with Crippen LogP contribution in [0, 0.1) is 0 Å². The van der Waals surface area contributed by atoms with Crippen LogP contribution in [-0.4, -0.2) is 31.2 Å². The first-order chi connectivity index (χ1) is 7.81. The molecule has 0 radical (unpaired) electrons. The summed E-state index contributed by atoms with van der Waals surface area (Å²) in [6, 6.07) is 9.44. The van der Waals surface area contributed by atoms with Crippen molar-refractivity contribution in [3.8, 4) is 0 Å². The van der Waals surface area contributed by atoms with Gasteiger partial charge in [-0.2, -0.15) is 0 Å². The third-order valence-electron chi connectivity index (χ3n) is 4.06. The summed E-state index contributed by atoms with van der Waals surface area (Å²) in [5.41, 5.74) is 3.05. The summed E-state index contributed by atoms with van der Waals surface area (Å²) in [5, 5.41) is 0. The summed E-state index contributed by atoms with van der Waals surface area (Å²) >= 11 is 0. The topological polar surface area (TPSA) is 12.5 Å². The van der Waals surface area contributed by atoms with E-state index in [1.807, 2.05) is 0 Å². The van der Waals surface area contributed by atoms with Crippen molar-refractivity contribution in [3.63, 3.8) is 0 Å². The van der Waals surface area contributed by atoms with Crippen LogP contribution < -0.4 is 0 Å². The Kier molecular flexibility index (Phi) is 2.49. The molecule has 0 amide bonds. The van der Waals surface area contributed by atoms with Crippen LogP contribution in [0.25, 0.3) is 0 Å². The van der Waals surface area contributed by atoms with Crippen LogP contribution in [0.5, 0.6) is 0 Å². The highest BCUT2D eigenvalue weighted by molar-refractivity contribution is 5.39. The number of piperidine rings is 1. The second-order valence-corrected chi connectivity index (χ2v) is 4.92. The lowest BCUT2D eigenvalue weighted by Crippen LogP contribution is -2.47. The zero-order valence-corrected chi connectivity index (χ0v) is 10.0. The maximum atomic E-state index is 5.90. The molecule has 86 valence electrons. The second-order valence-electron chi connectivity index (χ2n) is 4.92. The average molecular weight is 217 g/mol. The van der Waals surface area contributed by atoms with Gasteiger partial charge < -0.3 is 4.74 Å². The molecule has 0 N–H and O–H groups in total. The van der Waals surface area contributed by atoms with Gasteiger partial charge in [-0.3, -0.25) is 4.90 Å².